The van der Waals surface area contributed by atoms with Crippen LogP contribution in [-0.4, -0.2) is 49.5 Å². The Morgan fingerprint density at radius 3 is 2.11 bits per heavy atom. The van der Waals surface area contributed by atoms with Gasteiger partial charge in [0.25, 0.3) is 10.0 Å². The third-order valence-electron chi connectivity index (χ3n) is 8.10. The maximum absolute atomic E-state index is 13.9. The smallest absolute Gasteiger partial charge is 0.268 e. The zero-order valence-corrected chi connectivity index (χ0v) is 29.0. The van der Waals surface area contributed by atoms with E-state index in [2.05, 4.69) is 27.8 Å². The fraction of sp³-hybridized carbons (Fsp3) is 0.222. The molecule has 0 saturated carbocycles. The van der Waals surface area contributed by atoms with Gasteiger partial charge in [0.2, 0.25) is 10.0 Å². The molecule has 0 bridgehead atoms. The summed E-state index contributed by atoms with van der Waals surface area (Å²) < 4.78 is 64.4. The molecular weight excluding hydrogens is 700 g/mol. The average molecular weight is 734 g/mol. The highest BCUT2D eigenvalue weighted by molar-refractivity contribution is 9.10. The summed E-state index contributed by atoms with van der Waals surface area (Å²) in [5.74, 6) is 5.40. The normalized spacial score (nSPS) is 18.0. The van der Waals surface area contributed by atoms with Crippen LogP contribution in [0.1, 0.15) is 28.5 Å². The van der Waals surface area contributed by atoms with Gasteiger partial charge in [-0.2, -0.15) is 4.31 Å². The van der Waals surface area contributed by atoms with Crippen molar-refractivity contribution in [3.05, 3.63) is 130 Å². The second kappa shape index (κ2) is 13.4. The number of hydrogen-bond acceptors (Lipinski definition) is 6. The molecule has 47 heavy (non-hydrogen) atoms. The first-order chi connectivity index (χ1) is 22.4. The van der Waals surface area contributed by atoms with Crippen LogP contribution in [0.2, 0.25) is 0 Å². The molecule has 1 aliphatic heterocycles. The van der Waals surface area contributed by atoms with Gasteiger partial charge in [-0.1, -0.05) is 99.6 Å². The van der Waals surface area contributed by atoms with Gasteiger partial charge in [0.05, 0.1) is 27.8 Å². The highest BCUT2D eigenvalue weighted by Crippen LogP contribution is 2.35. The molecule has 4 aromatic carbocycles. The Bertz CT molecular complexity index is 2190. The monoisotopic (exact) mass is 732 g/mol. The van der Waals surface area contributed by atoms with Crippen LogP contribution in [0.3, 0.4) is 0 Å². The quantitative estimate of drug-likeness (QED) is 0.200. The van der Waals surface area contributed by atoms with Gasteiger partial charge in [0, 0.05) is 29.0 Å². The summed E-state index contributed by atoms with van der Waals surface area (Å²) in [4.78, 5) is 0.312. The van der Waals surface area contributed by atoms with Gasteiger partial charge >= 0.3 is 0 Å². The lowest BCUT2D eigenvalue weighted by Crippen LogP contribution is -2.45. The van der Waals surface area contributed by atoms with E-state index in [0.717, 1.165) is 11.1 Å². The number of hydrogen-bond donors (Lipinski definition) is 1. The number of benzene rings is 4. The van der Waals surface area contributed by atoms with Crippen molar-refractivity contribution < 1.29 is 26.7 Å². The number of rotatable bonds is 7. The predicted molar refractivity (Wildman–Crippen MR) is 185 cm³/mol. The zero-order valence-electron chi connectivity index (χ0n) is 25.7. The van der Waals surface area contributed by atoms with Crippen LogP contribution in [0.4, 0.5) is 0 Å². The molecule has 1 N–H and O–H groups in total. The number of ether oxygens (including phenoxy) is 1. The number of aryl methyl sites for hydroxylation is 2. The number of fused-ring (bicyclic) bond motifs is 1. The summed E-state index contributed by atoms with van der Waals surface area (Å²) in [6.07, 6.45) is -0.407. The predicted octanol–water partition coefficient (Wildman–Crippen LogP) is 6.20. The SMILES string of the molecule is Cc1ccc(S(=O)(=O)N2C[C@H](C#C[C@H](O)Cc3cn(S(=O)(=O)c4ccc(C)cc4)c4cccc(Br)c34)CO[C@@H]2c2ccccc2)cc1. The second-order valence-electron chi connectivity index (χ2n) is 11.6. The first-order valence-corrected chi connectivity index (χ1v) is 18.7. The van der Waals surface area contributed by atoms with Crippen molar-refractivity contribution in [2.45, 2.75) is 42.4 Å². The number of aromatic nitrogens is 1. The molecule has 6 rings (SSSR count). The summed E-state index contributed by atoms with van der Waals surface area (Å²) in [5.41, 5.74) is 3.66. The minimum Gasteiger partial charge on any atom is -0.380 e. The van der Waals surface area contributed by atoms with Gasteiger partial charge in [-0.25, -0.2) is 20.8 Å². The molecule has 242 valence electrons. The molecule has 0 amide bonds. The number of aliphatic hydroxyl groups excluding tert-OH is 1. The molecule has 0 aliphatic carbocycles. The molecule has 0 radical (unpaired) electrons. The number of sulfonamides is 1. The van der Waals surface area contributed by atoms with Crippen molar-refractivity contribution in [1.29, 1.82) is 0 Å². The first kappa shape index (κ1) is 33.2. The first-order valence-electron chi connectivity index (χ1n) is 15.0. The standard InChI is InChI=1S/C36H33BrN2O6S2/c1-25-11-17-31(18-12-25)46(41,42)38-23-29(35-33(37)9-6-10-34(35)38)21-30(40)16-15-27-22-39(36(45-24-27)28-7-4-3-5-8-28)47(43,44)32-19-13-26(2)14-20-32/h3-14,17-20,23,27,30,36,40H,21-22,24H2,1-2H3/t27-,30-,36+/m0/s1. The fourth-order valence-corrected chi connectivity index (χ4v) is 9.19. The molecule has 0 spiro atoms. The fourth-order valence-electron chi connectivity index (χ4n) is 5.63. The Kier molecular flexibility index (Phi) is 9.45. The van der Waals surface area contributed by atoms with Gasteiger partial charge in [-0.15, -0.1) is 0 Å². The van der Waals surface area contributed by atoms with E-state index < -0.39 is 38.3 Å². The molecular formula is C36H33BrN2O6S2. The maximum Gasteiger partial charge on any atom is 0.268 e. The van der Waals surface area contributed by atoms with Crippen LogP contribution < -0.4 is 0 Å². The molecule has 3 atom stereocenters. The van der Waals surface area contributed by atoms with E-state index in [9.17, 15) is 21.9 Å². The number of halogens is 1. The Balaban J connectivity index is 1.27. The topological polar surface area (TPSA) is 106 Å². The van der Waals surface area contributed by atoms with Crippen LogP contribution in [0.15, 0.2) is 118 Å². The minimum absolute atomic E-state index is 0.0497. The van der Waals surface area contributed by atoms with E-state index >= 15 is 0 Å². The van der Waals surface area contributed by atoms with Crippen LogP contribution in [0.5, 0.6) is 0 Å². The number of nitrogens with zero attached hydrogens (tertiary/aromatic N) is 2. The van der Waals surface area contributed by atoms with Crippen molar-refractivity contribution >= 4 is 46.9 Å². The second-order valence-corrected chi connectivity index (χ2v) is 16.2. The highest BCUT2D eigenvalue weighted by atomic mass is 79.9. The van der Waals surface area contributed by atoms with Crippen molar-refractivity contribution in [2.75, 3.05) is 13.2 Å². The molecule has 1 aromatic heterocycles. The summed E-state index contributed by atoms with van der Waals surface area (Å²) in [6.45, 7) is 4.01. The van der Waals surface area contributed by atoms with Crippen molar-refractivity contribution in [2.24, 2.45) is 5.92 Å². The molecule has 1 saturated heterocycles. The maximum atomic E-state index is 13.9. The highest BCUT2D eigenvalue weighted by Gasteiger charge is 2.38. The van der Waals surface area contributed by atoms with E-state index in [1.807, 2.05) is 50.2 Å². The molecule has 2 heterocycles. The Morgan fingerprint density at radius 2 is 1.47 bits per heavy atom. The summed E-state index contributed by atoms with van der Waals surface area (Å²) in [5, 5.41) is 11.7. The molecule has 8 nitrogen and oxygen atoms in total. The van der Waals surface area contributed by atoms with Crippen LogP contribution in [0, 0.1) is 31.6 Å². The minimum atomic E-state index is -3.95. The lowest BCUT2D eigenvalue weighted by molar-refractivity contribution is -0.0718. The van der Waals surface area contributed by atoms with E-state index in [4.69, 9.17) is 4.74 Å². The van der Waals surface area contributed by atoms with Gasteiger partial charge in [0.1, 0.15) is 12.3 Å². The molecule has 11 heteroatoms. The third-order valence-corrected chi connectivity index (χ3v) is 12.3. The Morgan fingerprint density at radius 1 is 0.851 bits per heavy atom. The molecule has 1 fully saturated rings. The molecule has 1 aliphatic rings. The summed E-state index contributed by atoms with van der Waals surface area (Å²) in [6, 6.07) is 27.8. The Hall–Kier alpha value is -3.76. The van der Waals surface area contributed by atoms with Gasteiger partial charge in [-0.05, 0) is 61.4 Å². The van der Waals surface area contributed by atoms with E-state index in [0.29, 0.717) is 26.5 Å². The Labute approximate surface area is 283 Å². The number of aliphatic hydroxyl groups is 1. The van der Waals surface area contributed by atoms with Gasteiger partial charge in [0.15, 0.2) is 0 Å². The summed E-state index contributed by atoms with van der Waals surface area (Å²) >= 11 is 3.55. The third kappa shape index (κ3) is 6.81. The average Bonchev–Trinajstić information content (AvgIpc) is 3.44. The van der Waals surface area contributed by atoms with Crippen molar-refractivity contribution in [3.8, 4) is 11.8 Å². The van der Waals surface area contributed by atoms with Gasteiger partial charge in [-0.3, -0.25) is 0 Å². The van der Waals surface area contributed by atoms with Crippen LogP contribution in [0.25, 0.3) is 10.9 Å². The van der Waals surface area contributed by atoms with Crippen LogP contribution >= 0.6 is 15.9 Å². The molecule has 5 aromatic rings. The molecule has 0 unspecified atom stereocenters. The van der Waals surface area contributed by atoms with E-state index in [-0.39, 0.29) is 29.4 Å². The van der Waals surface area contributed by atoms with E-state index in [1.54, 1.807) is 60.7 Å². The van der Waals surface area contributed by atoms with Crippen molar-refractivity contribution in [3.63, 3.8) is 0 Å². The van der Waals surface area contributed by atoms with E-state index in [1.165, 1.54) is 14.5 Å². The lowest BCUT2D eigenvalue weighted by Gasteiger charge is -2.37. The van der Waals surface area contributed by atoms with Gasteiger partial charge < -0.3 is 9.84 Å². The van der Waals surface area contributed by atoms with Crippen LogP contribution in [-0.2, 0) is 31.2 Å². The lowest BCUT2D eigenvalue weighted by atomic mass is 10.0. The largest absolute Gasteiger partial charge is 0.380 e. The van der Waals surface area contributed by atoms with Crippen molar-refractivity contribution in [1.82, 2.24) is 8.28 Å². The summed E-state index contributed by atoms with van der Waals surface area (Å²) in [7, 11) is -7.87. The zero-order chi connectivity index (χ0) is 33.3.